The molecule has 0 radical (unpaired) electrons. The Morgan fingerprint density at radius 2 is 1.75 bits per heavy atom. The van der Waals surface area contributed by atoms with E-state index in [2.05, 4.69) is 15.4 Å². The Kier molecular flexibility index (Phi) is 5.21. The fraction of sp³-hybridized carbons (Fsp3) is 0.0800. The van der Waals surface area contributed by atoms with Crippen molar-refractivity contribution < 1.29 is 9.18 Å². The summed E-state index contributed by atoms with van der Waals surface area (Å²) in [6, 6.07) is 21.7. The highest BCUT2D eigenvalue weighted by molar-refractivity contribution is 5.92. The third-order valence-electron chi connectivity index (χ3n) is 5.26. The minimum atomic E-state index is -0.265. The number of pyridine rings is 2. The van der Waals surface area contributed by atoms with Gasteiger partial charge in [0.1, 0.15) is 11.6 Å². The Balaban J connectivity index is 1.35. The molecule has 0 atom stereocenters. The molecule has 0 spiro atoms. The van der Waals surface area contributed by atoms with Gasteiger partial charge in [-0.25, -0.2) is 9.07 Å². The van der Waals surface area contributed by atoms with E-state index in [-0.39, 0.29) is 11.7 Å². The van der Waals surface area contributed by atoms with E-state index in [0.29, 0.717) is 18.7 Å². The molecule has 6 nitrogen and oxygen atoms in total. The summed E-state index contributed by atoms with van der Waals surface area (Å²) in [5, 5.41) is 7.35. The van der Waals surface area contributed by atoms with Crippen molar-refractivity contribution in [2.24, 2.45) is 0 Å². The van der Waals surface area contributed by atoms with Crippen molar-refractivity contribution in [3.05, 3.63) is 109 Å². The number of nitrogens with zero attached hydrogens (tertiary/aromatic N) is 4. The van der Waals surface area contributed by atoms with E-state index in [9.17, 15) is 9.18 Å². The molecule has 0 aliphatic carbocycles. The van der Waals surface area contributed by atoms with Crippen LogP contribution in [0, 0.1) is 5.82 Å². The first kappa shape index (κ1) is 19.7. The molecule has 1 N–H and O–H groups in total. The van der Waals surface area contributed by atoms with Crippen molar-refractivity contribution in [2.75, 3.05) is 6.54 Å². The minimum absolute atomic E-state index is 0.229. The lowest BCUT2D eigenvalue weighted by Gasteiger charge is -2.07. The molecule has 1 amide bonds. The molecule has 32 heavy (non-hydrogen) atoms. The summed E-state index contributed by atoms with van der Waals surface area (Å²) in [5.74, 6) is 0.308. The molecular weight excluding hydrogens is 405 g/mol. The summed E-state index contributed by atoms with van der Waals surface area (Å²) in [4.78, 5) is 16.8. The normalized spacial score (nSPS) is 11.0. The van der Waals surface area contributed by atoms with Gasteiger partial charge in [-0.05, 0) is 59.7 Å². The van der Waals surface area contributed by atoms with Gasteiger partial charge in [-0.2, -0.15) is 5.10 Å². The maximum Gasteiger partial charge on any atom is 0.271 e. The molecule has 7 heteroatoms. The van der Waals surface area contributed by atoms with Gasteiger partial charge in [0.25, 0.3) is 5.91 Å². The third kappa shape index (κ3) is 4.00. The first-order chi connectivity index (χ1) is 15.7. The maximum absolute atomic E-state index is 13.3. The Labute approximate surface area is 184 Å². The van der Waals surface area contributed by atoms with Gasteiger partial charge in [0.15, 0.2) is 5.69 Å². The summed E-state index contributed by atoms with van der Waals surface area (Å²) in [6.45, 7) is 0.484. The Bertz CT molecular complexity index is 1370. The molecule has 0 saturated heterocycles. The highest BCUT2D eigenvalue weighted by atomic mass is 19.1. The van der Waals surface area contributed by atoms with Crippen LogP contribution in [0.3, 0.4) is 0 Å². The minimum Gasteiger partial charge on any atom is -0.350 e. The Hall–Kier alpha value is -4.26. The second-order valence-electron chi connectivity index (χ2n) is 7.38. The van der Waals surface area contributed by atoms with Gasteiger partial charge in [0.05, 0.1) is 0 Å². The summed E-state index contributed by atoms with van der Waals surface area (Å²) in [7, 11) is 0. The topological polar surface area (TPSA) is 64.2 Å². The number of rotatable bonds is 6. The standard InChI is InChI=1S/C25H20FN5O/c26-20-7-4-18(5-8-20)19-6-9-22-10-11-24(30(22)17-19)31-16-13-23(29-31)25(32)28-15-12-21-3-1-2-14-27-21/h1-11,13-14,16-17H,12,15H2,(H,28,32). The average Bonchev–Trinajstić information content (AvgIpc) is 3.47. The first-order valence-electron chi connectivity index (χ1n) is 10.3. The molecule has 0 bridgehead atoms. The van der Waals surface area contributed by atoms with Gasteiger partial charge < -0.3 is 9.72 Å². The van der Waals surface area contributed by atoms with Crippen LogP contribution in [-0.2, 0) is 6.42 Å². The van der Waals surface area contributed by atoms with Crippen LogP contribution in [0.4, 0.5) is 4.39 Å². The summed E-state index contributed by atoms with van der Waals surface area (Å²) in [5.41, 5.74) is 4.13. The summed E-state index contributed by atoms with van der Waals surface area (Å²) in [6.07, 6.45) is 6.14. The number of hydrogen-bond donors (Lipinski definition) is 1. The summed E-state index contributed by atoms with van der Waals surface area (Å²) < 4.78 is 16.9. The van der Waals surface area contributed by atoms with E-state index >= 15 is 0 Å². The highest BCUT2D eigenvalue weighted by Gasteiger charge is 2.12. The Morgan fingerprint density at radius 3 is 2.56 bits per heavy atom. The van der Waals surface area contributed by atoms with E-state index in [1.807, 2.05) is 53.1 Å². The van der Waals surface area contributed by atoms with Gasteiger partial charge in [-0.1, -0.05) is 24.3 Å². The molecule has 4 heterocycles. The van der Waals surface area contributed by atoms with Crippen LogP contribution in [0.2, 0.25) is 0 Å². The largest absolute Gasteiger partial charge is 0.350 e. The molecule has 0 saturated carbocycles. The van der Waals surface area contributed by atoms with Crippen LogP contribution in [0.5, 0.6) is 0 Å². The monoisotopic (exact) mass is 425 g/mol. The number of carbonyl (C=O) groups excluding carboxylic acids is 1. The van der Waals surface area contributed by atoms with Gasteiger partial charge in [-0.15, -0.1) is 0 Å². The quantitative estimate of drug-likeness (QED) is 0.441. The van der Waals surface area contributed by atoms with Crippen LogP contribution in [0.25, 0.3) is 22.5 Å². The number of fused-ring (bicyclic) bond motifs is 1. The molecule has 5 aromatic rings. The number of aromatic nitrogens is 4. The number of hydrogen-bond acceptors (Lipinski definition) is 3. The van der Waals surface area contributed by atoms with E-state index in [0.717, 1.165) is 28.2 Å². The van der Waals surface area contributed by atoms with Crippen LogP contribution >= 0.6 is 0 Å². The molecular formula is C25H20FN5O. The van der Waals surface area contributed by atoms with Gasteiger partial charge in [0, 0.05) is 42.8 Å². The smallest absolute Gasteiger partial charge is 0.271 e. The van der Waals surface area contributed by atoms with Crippen LogP contribution < -0.4 is 5.32 Å². The van der Waals surface area contributed by atoms with E-state index in [4.69, 9.17) is 0 Å². The van der Waals surface area contributed by atoms with Gasteiger partial charge in [0.2, 0.25) is 0 Å². The zero-order chi connectivity index (χ0) is 21.9. The molecule has 1 aromatic carbocycles. The number of amides is 1. The van der Waals surface area contributed by atoms with Crippen molar-refractivity contribution in [3.63, 3.8) is 0 Å². The molecule has 0 aliphatic rings. The zero-order valence-corrected chi connectivity index (χ0v) is 17.1. The van der Waals surface area contributed by atoms with Crippen molar-refractivity contribution in [3.8, 4) is 16.9 Å². The van der Waals surface area contributed by atoms with E-state index in [1.54, 1.807) is 35.3 Å². The van der Waals surface area contributed by atoms with Crippen molar-refractivity contribution in [1.29, 1.82) is 0 Å². The predicted molar refractivity (Wildman–Crippen MR) is 120 cm³/mol. The van der Waals surface area contributed by atoms with E-state index < -0.39 is 0 Å². The SMILES string of the molecule is O=C(NCCc1ccccn1)c1ccn(-c2ccc3ccc(-c4ccc(F)cc4)cn23)n1. The van der Waals surface area contributed by atoms with Crippen molar-refractivity contribution in [1.82, 2.24) is 24.5 Å². The second kappa shape index (κ2) is 8.47. The fourth-order valence-corrected chi connectivity index (χ4v) is 3.60. The molecule has 0 aliphatic heterocycles. The molecule has 5 rings (SSSR count). The lowest BCUT2D eigenvalue weighted by atomic mass is 10.1. The number of nitrogens with one attached hydrogen (secondary N) is 1. The number of halogens is 1. The fourth-order valence-electron chi connectivity index (χ4n) is 3.60. The lowest BCUT2D eigenvalue weighted by Crippen LogP contribution is -2.26. The summed E-state index contributed by atoms with van der Waals surface area (Å²) >= 11 is 0. The molecule has 0 fully saturated rings. The second-order valence-corrected chi connectivity index (χ2v) is 7.38. The van der Waals surface area contributed by atoms with Crippen LogP contribution in [0.15, 0.2) is 91.4 Å². The maximum atomic E-state index is 13.3. The first-order valence-corrected chi connectivity index (χ1v) is 10.3. The predicted octanol–water partition coefficient (Wildman–Crippen LogP) is 4.30. The van der Waals surface area contributed by atoms with Crippen LogP contribution in [0.1, 0.15) is 16.2 Å². The lowest BCUT2D eigenvalue weighted by molar-refractivity contribution is 0.0948. The number of carbonyl (C=O) groups is 1. The highest BCUT2D eigenvalue weighted by Crippen LogP contribution is 2.23. The van der Waals surface area contributed by atoms with E-state index in [1.165, 1.54) is 12.1 Å². The van der Waals surface area contributed by atoms with Crippen molar-refractivity contribution in [2.45, 2.75) is 6.42 Å². The van der Waals surface area contributed by atoms with Gasteiger partial charge in [-0.3, -0.25) is 9.78 Å². The third-order valence-corrected chi connectivity index (χ3v) is 5.26. The van der Waals surface area contributed by atoms with Gasteiger partial charge >= 0.3 is 0 Å². The molecule has 0 unspecified atom stereocenters. The average molecular weight is 425 g/mol. The zero-order valence-electron chi connectivity index (χ0n) is 17.1. The Morgan fingerprint density at radius 1 is 0.938 bits per heavy atom. The van der Waals surface area contributed by atoms with Crippen LogP contribution in [-0.4, -0.2) is 31.6 Å². The molecule has 158 valence electrons. The van der Waals surface area contributed by atoms with Crippen molar-refractivity contribution >= 4 is 11.4 Å². The number of benzene rings is 1. The molecule has 4 aromatic heterocycles.